The van der Waals surface area contributed by atoms with E-state index in [0.29, 0.717) is 0 Å². The molecule has 0 radical (unpaired) electrons. The predicted octanol–water partition coefficient (Wildman–Crippen LogP) is 3.12. The van der Waals surface area contributed by atoms with Gasteiger partial charge in [-0.1, -0.05) is 20.4 Å². The zero-order valence-electron chi connectivity index (χ0n) is 6.72. The highest BCUT2D eigenvalue weighted by Crippen LogP contribution is 2.10. The van der Waals surface area contributed by atoms with Crippen molar-refractivity contribution in [2.24, 2.45) is 0 Å². The number of aryl methyl sites for hydroxylation is 1. The first-order chi connectivity index (χ1) is 4.83. The van der Waals surface area contributed by atoms with Crippen molar-refractivity contribution in [1.82, 2.24) is 4.98 Å². The van der Waals surface area contributed by atoms with Gasteiger partial charge in [-0.3, -0.25) is 0 Å². The van der Waals surface area contributed by atoms with Crippen LogP contribution in [0.5, 0.6) is 0 Å². The Bertz CT molecular complexity index is 191. The van der Waals surface area contributed by atoms with Crippen molar-refractivity contribution in [3.8, 4) is 0 Å². The number of nitrogens with zero attached hydrogens (tertiary/aromatic N) is 1. The van der Waals surface area contributed by atoms with Crippen molar-refractivity contribution in [3.05, 3.63) is 22.7 Å². The Hall–Kier alpha value is -0.630. The first-order valence-corrected chi connectivity index (χ1v) is 4.19. The maximum Gasteiger partial charge on any atom is 0.115 e. The smallest absolute Gasteiger partial charge is 0.115 e. The molecule has 0 amide bonds. The standard InChI is InChI=1S/C6H7NS.C2H6/c1-3-6-7-4-5(2)8-6;1-2/h3-4H,1H2,2H3;1-2H3. The third-order valence-electron chi connectivity index (χ3n) is 0.814. The van der Waals surface area contributed by atoms with Crippen LogP contribution < -0.4 is 0 Å². The van der Waals surface area contributed by atoms with Crippen LogP contribution in [0.1, 0.15) is 23.7 Å². The van der Waals surface area contributed by atoms with Gasteiger partial charge in [-0.25, -0.2) is 4.98 Å². The molecule has 0 saturated heterocycles. The molecular formula is C8H13NS. The first-order valence-electron chi connectivity index (χ1n) is 3.38. The van der Waals surface area contributed by atoms with E-state index in [2.05, 4.69) is 11.6 Å². The average Bonchev–Trinajstić information content (AvgIpc) is 2.40. The minimum Gasteiger partial charge on any atom is -0.245 e. The van der Waals surface area contributed by atoms with Crippen LogP contribution in [0, 0.1) is 6.92 Å². The van der Waals surface area contributed by atoms with Gasteiger partial charge in [0.2, 0.25) is 0 Å². The molecule has 0 fully saturated rings. The molecule has 0 aromatic carbocycles. The van der Waals surface area contributed by atoms with Crippen LogP contribution in [0.15, 0.2) is 12.8 Å². The molecule has 0 bridgehead atoms. The SMILES string of the molecule is C=Cc1ncc(C)s1.CC. The Labute approximate surface area is 66.4 Å². The quantitative estimate of drug-likeness (QED) is 0.607. The molecule has 56 valence electrons. The fourth-order valence-corrected chi connectivity index (χ4v) is 1.09. The van der Waals surface area contributed by atoms with Gasteiger partial charge in [0.1, 0.15) is 5.01 Å². The van der Waals surface area contributed by atoms with Gasteiger partial charge in [0, 0.05) is 11.1 Å². The number of hydrogen-bond donors (Lipinski definition) is 0. The number of hydrogen-bond acceptors (Lipinski definition) is 2. The molecule has 1 nitrogen and oxygen atoms in total. The van der Waals surface area contributed by atoms with Crippen LogP contribution in [-0.4, -0.2) is 4.98 Å². The second kappa shape index (κ2) is 5.18. The Balaban J connectivity index is 0.000000371. The minimum absolute atomic E-state index is 1.00. The van der Waals surface area contributed by atoms with E-state index in [4.69, 9.17) is 0 Å². The maximum atomic E-state index is 4.03. The third-order valence-corrected chi connectivity index (χ3v) is 1.72. The van der Waals surface area contributed by atoms with Gasteiger partial charge in [-0.05, 0) is 13.0 Å². The van der Waals surface area contributed by atoms with Crippen LogP contribution in [0.3, 0.4) is 0 Å². The highest BCUT2D eigenvalue weighted by atomic mass is 32.1. The Kier molecular flexibility index (Phi) is 4.85. The van der Waals surface area contributed by atoms with E-state index < -0.39 is 0 Å². The molecule has 0 saturated carbocycles. The number of rotatable bonds is 1. The van der Waals surface area contributed by atoms with Gasteiger partial charge in [0.05, 0.1) is 0 Å². The molecule has 1 heterocycles. The molecular weight excluding hydrogens is 142 g/mol. The monoisotopic (exact) mass is 155 g/mol. The summed E-state index contributed by atoms with van der Waals surface area (Å²) in [6.45, 7) is 9.62. The molecule has 0 unspecified atom stereocenters. The summed E-state index contributed by atoms with van der Waals surface area (Å²) in [6.07, 6.45) is 3.61. The average molecular weight is 155 g/mol. The summed E-state index contributed by atoms with van der Waals surface area (Å²) in [5, 5.41) is 1.00. The lowest BCUT2D eigenvalue weighted by atomic mass is 10.6. The van der Waals surface area contributed by atoms with Crippen LogP contribution in [-0.2, 0) is 0 Å². The molecule has 0 atom stereocenters. The summed E-state index contributed by atoms with van der Waals surface area (Å²) in [6, 6.07) is 0. The molecule has 1 aromatic heterocycles. The van der Waals surface area contributed by atoms with Crippen molar-refractivity contribution < 1.29 is 0 Å². The molecule has 1 rings (SSSR count). The second-order valence-electron chi connectivity index (χ2n) is 1.51. The van der Waals surface area contributed by atoms with Crippen LogP contribution in [0.4, 0.5) is 0 Å². The minimum atomic E-state index is 1.00. The molecule has 10 heavy (non-hydrogen) atoms. The molecule has 0 aliphatic carbocycles. The van der Waals surface area contributed by atoms with Crippen LogP contribution >= 0.6 is 11.3 Å². The highest BCUT2D eigenvalue weighted by molar-refractivity contribution is 7.12. The van der Waals surface area contributed by atoms with Gasteiger partial charge < -0.3 is 0 Å². The molecule has 0 aliphatic heterocycles. The van der Waals surface area contributed by atoms with E-state index in [0.717, 1.165) is 5.01 Å². The summed E-state index contributed by atoms with van der Waals surface area (Å²) >= 11 is 1.66. The molecule has 0 spiro atoms. The molecule has 2 heteroatoms. The van der Waals surface area contributed by atoms with E-state index in [9.17, 15) is 0 Å². The van der Waals surface area contributed by atoms with Gasteiger partial charge in [0.25, 0.3) is 0 Å². The van der Waals surface area contributed by atoms with Crippen LogP contribution in [0.25, 0.3) is 6.08 Å². The Morgan fingerprint density at radius 1 is 1.60 bits per heavy atom. The summed E-state index contributed by atoms with van der Waals surface area (Å²) in [7, 11) is 0. The topological polar surface area (TPSA) is 12.9 Å². The van der Waals surface area contributed by atoms with E-state index in [1.807, 2.05) is 27.0 Å². The third kappa shape index (κ3) is 2.78. The largest absolute Gasteiger partial charge is 0.245 e. The number of aromatic nitrogens is 1. The fourth-order valence-electron chi connectivity index (χ4n) is 0.467. The molecule has 0 N–H and O–H groups in total. The maximum absolute atomic E-state index is 4.03. The van der Waals surface area contributed by atoms with Crippen molar-refractivity contribution in [3.63, 3.8) is 0 Å². The van der Waals surface area contributed by atoms with Gasteiger partial charge in [-0.2, -0.15) is 0 Å². The van der Waals surface area contributed by atoms with Gasteiger partial charge in [0.15, 0.2) is 0 Å². The van der Waals surface area contributed by atoms with Crippen molar-refractivity contribution in [2.45, 2.75) is 20.8 Å². The van der Waals surface area contributed by atoms with E-state index >= 15 is 0 Å². The Morgan fingerprint density at radius 3 is 2.40 bits per heavy atom. The predicted molar refractivity (Wildman–Crippen MR) is 48.3 cm³/mol. The van der Waals surface area contributed by atoms with Crippen molar-refractivity contribution in [2.75, 3.05) is 0 Å². The van der Waals surface area contributed by atoms with E-state index in [1.165, 1.54) is 4.88 Å². The first kappa shape index (κ1) is 9.37. The summed E-state index contributed by atoms with van der Waals surface area (Å²) in [4.78, 5) is 5.27. The molecule has 1 aromatic rings. The zero-order valence-corrected chi connectivity index (χ0v) is 7.53. The summed E-state index contributed by atoms with van der Waals surface area (Å²) in [5.74, 6) is 0. The Morgan fingerprint density at radius 2 is 2.20 bits per heavy atom. The van der Waals surface area contributed by atoms with Gasteiger partial charge in [-0.15, -0.1) is 11.3 Å². The lowest BCUT2D eigenvalue weighted by Crippen LogP contribution is -1.58. The second-order valence-corrected chi connectivity index (χ2v) is 2.78. The van der Waals surface area contributed by atoms with Crippen molar-refractivity contribution in [1.29, 1.82) is 0 Å². The normalized spacial score (nSPS) is 7.90. The molecule has 0 aliphatic rings. The fraction of sp³-hybridized carbons (Fsp3) is 0.375. The van der Waals surface area contributed by atoms with E-state index in [-0.39, 0.29) is 0 Å². The number of thiazole rings is 1. The van der Waals surface area contributed by atoms with Crippen LogP contribution in [0.2, 0.25) is 0 Å². The summed E-state index contributed by atoms with van der Waals surface area (Å²) in [5.41, 5.74) is 0. The lowest BCUT2D eigenvalue weighted by molar-refractivity contribution is 1.36. The zero-order chi connectivity index (χ0) is 7.98. The van der Waals surface area contributed by atoms with Crippen molar-refractivity contribution >= 4 is 17.4 Å². The van der Waals surface area contributed by atoms with E-state index in [1.54, 1.807) is 17.4 Å². The lowest BCUT2D eigenvalue weighted by Gasteiger charge is -1.72. The summed E-state index contributed by atoms with van der Waals surface area (Å²) < 4.78 is 0. The highest BCUT2D eigenvalue weighted by Gasteiger charge is 1.88. The van der Waals surface area contributed by atoms with Gasteiger partial charge >= 0.3 is 0 Å².